The maximum Gasteiger partial charge on any atom is 0.338 e. The van der Waals surface area contributed by atoms with Gasteiger partial charge in [0.05, 0.1) is 12.7 Å². The highest BCUT2D eigenvalue weighted by atomic mass is 16.5. The Bertz CT molecular complexity index is 454. The minimum absolute atomic E-state index is 0.388. The zero-order valence-electron chi connectivity index (χ0n) is 8.87. The zero-order valence-corrected chi connectivity index (χ0v) is 8.87. The van der Waals surface area contributed by atoms with Crippen LogP contribution in [0, 0.1) is 6.92 Å². The summed E-state index contributed by atoms with van der Waals surface area (Å²) in [5.74, 6) is -0.0459. The van der Waals surface area contributed by atoms with Crippen molar-refractivity contribution in [2.24, 2.45) is 0 Å². The molecule has 80 valence electrons. The Morgan fingerprint density at radius 1 is 1.47 bits per heavy atom. The van der Waals surface area contributed by atoms with Gasteiger partial charge in [-0.1, -0.05) is 6.08 Å². The van der Waals surface area contributed by atoms with Gasteiger partial charge in [0.25, 0.3) is 0 Å². The highest BCUT2D eigenvalue weighted by Gasteiger charge is 2.14. The number of carbonyl (C=O) groups excluding carboxylic acids is 1. The van der Waals surface area contributed by atoms with Crippen LogP contribution in [0.5, 0.6) is 0 Å². The van der Waals surface area contributed by atoms with E-state index in [2.05, 4.69) is 4.74 Å². The fraction of sp³-hybridized carbons (Fsp3) is 0.273. The molecule has 0 aliphatic rings. The van der Waals surface area contributed by atoms with Gasteiger partial charge in [0.15, 0.2) is 0 Å². The molecule has 0 atom stereocenters. The number of aryl methyl sites for hydroxylation is 1. The molecule has 0 aliphatic carbocycles. The number of carbonyl (C=O) groups is 1. The van der Waals surface area contributed by atoms with Crippen LogP contribution in [0.4, 0.5) is 0 Å². The highest BCUT2D eigenvalue weighted by molar-refractivity contribution is 6.16. The fourth-order valence-corrected chi connectivity index (χ4v) is 1.28. The van der Waals surface area contributed by atoms with Crippen molar-refractivity contribution >= 4 is 11.5 Å². The Morgan fingerprint density at radius 3 is 2.60 bits per heavy atom. The van der Waals surface area contributed by atoms with Crippen LogP contribution in [0.25, 0.3) is 5.57 Å². The van der Waals surface area contributed by atoms with Crippen molar-refractivity contribution in [1.82, 2.24) is 0 Å². The second kappa shape index (κ2) is 4.59. The fourth-order valence-electron chi connectivity index (χ4n) is 1.28. The first-order valence-electron chi connectivity index (χ1n) is 4.46. The highest BCUT2D eigenvalue weighted by Crippen LogP contribution is 2.18. The Hall–Kier alpha value is -1.84. The third kappa shape index (κ3) is 2.34. The van der Waals surface area contributed by atoms with Gasteiger partial charge in [-0.05, 0) is 19.9 Å². The number of hydrogen-bond acceptors (Lipinski definition) is 4. The minimum Gasteiger partial charge on any atom is -0.465 e. The Morgan fingerprint density at radius 2 is 2.13 bits per heavy atom. The Balaban J connectivity index is 3.26. The molecule has 0 saturated heterocycles. The summed E-state index contributed by atoms with van der Waals surface area (Å²) in [7, 11) is 1.31. The van der Waals surface area contributed by atoms with Crippen molar-refractivity contribution in [3.8, 4) is 0 Å². The molecule has 1 aromatic heterocycles. The smallest absolute Gasteiger partial charge is 0.338 e. The molecule has 0 unspecified atom stereocenters. The molecule has 1 rings (SSSR count). The molecule has 0 bridgehead atoms. The Kier molecular flexibility index (Phi) is 3.44. The van der Waals surface area contributed by atoms with E-state index >= 15 is 0 Å². The molecule has 15 heavy (non-hydrogen) atoms. The van der Waals surface area contributed by atoms with Crippen molar-refractivity contribution in [2.75, 3.05) is 7.11 Å². The lowest BCUT2D eigenvalue weighted by molar-refractivity contribution is -0.133. The molecule has 0 aliphatic heterocycles. The predicted octanol–water partition coefficient (Wildman–Crippen LogP) is 1.52. The van der Waals surface area contributed by atoms with Crippen molar-refractivity contribution in [2.45, 2.75) is 13.8 Å². The number of methoxy groups -OCH3 is 1. The van der Waals surface area contributed by atoms with Gasteiger partial charge in [-0.25, -0.2) is 9.59 Å². The van der Waals surface area contributed by atoms with Gasteiger partial charge < -0.3 is 9.15 Å². The first-order chi connectivity index (χ1) is 7.10. The standard InChI is InChI=1S/C11H12O4/c1-4-8(11(13)14-3)9-5-6-10(12)15-7(9)2/h4-6H,1-3H3. The van der Waals surface area contributed by atoms with E-state index in [0.717, 1.165) is 0 Å². The van der Waals surface area contributed by atoms with Gasteiger partial charge in [-0.3, -0.25) is 0 Å². The lowest BCUT2D eigenvalue weighted by Crippen LogP contribution is -2.07. The predicted molar refractivity (Wildman–Crippen MR) is 55.4 cm³/mol. The van der Waals surface area contributed by atoms with Gasteiger partial charge in [-0.2, -0.15) is 0 Å². The maximum absolute atomic E-state index is 11.4. The minimum atomic E-state index is -0.450. The summed E-state index contributed by atoms with van der Waals surface area (Å²) in [5, 5.41) is 0. The van der Waals surface area contributed by atoms with Crippen molar-refractivity contribution in [3.05, 3.63) is 40.0 Å². The van der Waals surface area contributed by atoms with Gasteiger partial charge in [-0.15, -0.1) is 0 Å². The summed E-state index contributed by atoms with van der Waals surface area (Å²) in [6.07, 6.45) is 1.62. The molecule has 0 saturated carbocycles. The van der Waals surface area contributed by atoms with E-state index in [1.54, 1.807) is 26.0 Å². The molecule has 4 heteroatoms. The van der Waals surface area contributed by atoms with E-state index in [0.29, 0.717) is 16.9 Å². The van der Waals surface area contributed by atoms with Crippen LogP contribution < -0.4 is 5.63 Å². The molecular weight excluding hydrogens is 196 g/mol. The number of esters is 1. The van der Waals surface area contributed by atoms with Gasteiger partial charge in [0.1, 0.15) is 5.76 Å². The second-order valence-corrected chi connectivity index (χ2v) is 2.92. The molecule has 0 amide bonds. The van der Waals surface area contributed by atoms with Crippen molar-refractivity contribution in [1.29, 1.82) is 0 Å². The largest absolute Gasteiger partial charge is 0.465 e. The molecule has 1 aromatic rings. The molecular formula is C11H12O4. The van der Waals surface area contributed by atoms with Crippen LogP contribution in [0.3, 0.4) is 0 Å². The lowest BCUT2D eigenvalue weighted by atomic mass is 10.1. The third-order valence-electron chi connectivity index (χ3n) is 2.00. The van der Waals surface area contributed by atoms with Crippen LogP contribution in [0.15, 0.2) is 27.4 Å². The van der Waals surface area contributed by atoms with E-state index < -0.39 is 11.6 Å². The number of allylic oxidation sites excluding steroid dienone is 1. The van der Waals surface area contributed by atoms with Crippen LogP contribution in [0.2, 0.25) is 0 Å². The van der Waals surface area contributed by atoms with E-state index in [1.165, 1.54) is 13.2 Å². The van der Waals surface area contributed by atoms with Gasteiger partial charge >= 0.3 is 11.6 Å². The zero-order chi connectivity index (χ0) is 11.4. The van der Waals surface area contributed by atoms with Crippen LogP contribution in [-0.4, -0.2) is 13.1 Å². The summed E-state index contributed by atoms with van der Waals surface area (Å²) in [4.78, 5) is 22.3. The summed E-state index contributed by atoms with van der Waals surface area (Å²) < 4.78 is 9.50. The van der Waals surface area contributed by atoms with E-state index in [9.17, 15) is 9.59 Å². The van der Waals surface area contributed by atoms with Crippen molar-refractivity contribution in [3.63, 3.8) is 0 Å². The van der Waals surface area contributed by atoms with Crippen molar-refractivity contribution < 1.29 is 13.9 Å². The summed E-state index contributed by atoms with van der Waals surface area (Å²) in [5.41, 5.74) is 0.527. The normalized spacial score (nSPS) is 11.3. The van der Waals surface area contributed by atoms with Gasteiger partial charge in [0, 0.05) is 11.6 Å². The SMILES string of the molecule is CC=C(C(=O)OC)c1ccc(=O)oc1C. The molecule has 0 N–H and O–H groups in total. The molecule has 0 spiro atoms. The third-order valence-corrected chi connectivity index (χ3v) is 2.00. The monoisotopic (exact) mass is 208 g/mol. The number of ether oxygens (including phenoxy) is 1. The van der Waals surface area contributed by atoms with E-state index in [-0.39, 0.29) is 0 Å². The van der Waals surface area contributed by atoms with Crippen LogP contribution in [-0.2, 0) is 9.53 Å². The number of rotatable bonds is 2. The number of hydrogen-bond donors (Lipinski definition) is 0. The molecule has 0 radical (unpaired) electrons. The first kappa shape index (κ1) is 11.2. The summed E-state index contributed by atoms with van der Waals surface area (Å²) >= 11 is 0. The molecule has 4 nitrogen and oxygen atoms in total. The first-order valence-corrected chi connectivity index (χ1v) is 4.46. The second-order valence-electron chi connectivity index (χ2n) is 2.92. The quantitative estimate of drug-likeness (QED) is 0.546. The summed E-state index contributed by atoms with van der Waals surface area (Å²) in [6, 6.07) is 2.82. The molecule has 1 heterocycles. The summed E-state index contributed by atoms with van der Waals surface area (Å²) in [6.45, 7) is 3.35. The lowest BCUT2D eigenvalue weighted by Gasteiger charge is -2.06. The molecule has 0 fully saturated rings. The average Bonchev–Trinajstić information content (AvgIpc) is 2.21. The average molecular weight is 208 g/mol. The van der Waals surface area contributed by atoms with Gasteiger partial charge in [0.2, 0.25) is 0 Å². The molecule has 0 aromatic carbocycles. The Labute approximate surface area is 87.2 Å². The van der Waals surface area contributed by atoms with Crippen LogP contribution >= 0.6 is 0 Å². The van der Waals surface area contributed by atoms with E-state index in [1.807, 2.05) is 0 Å². The van der Waals surface area contributed by atoms with Crippen LogP contribution in [0.1, 0.15) is 18.2 Å². The van der Waals surface area contributed by atoms with E-state index in [4.69, 9.17) is 4.42 Å². The topological polar surface area (TPSA) is 56.5 Å². The maximum atomic E-state index is 11.4.